The number of nitrogens with one attached hydrogen (secondary N) is 2. The Bertz CT molecular complexity index is 677. The summed E-state index contributed by atoms with van der Waals surface area (Å²) in [6, 6.07) is 4.60. The zero-order valence-electron chi connectivity index (χ0n) is 9.34. The predicted octanol–water partition coefficient (Wildman–Crippen LogP) is 3.07. The van der Waals surface area contributed by atoms with E-state index in [1.807, 2.05) is 0 Å². The number of halogens is 3. The number of hydrogen-bond acceptors (Lipinski definition) is 2. The van der Waals surface area contributed by atoms with Gasteiger partial charge >= 0.3 is 0 Å². The number of H-pyrrole nitrogens is 1. The molecule has 0 aliphatic heterocycles. The lowest BCUT2D eigenvalue weighted by Crippen LogP contribution is -2.16. The maximum Gasteiger partial charge on any atom is 0.255 e. The summed E-state index contributed by atoms with van der Waals surface area (Å²) in [6.45, 7) is 0. The Balaban J connectivity index is 2.32. The number of anilines is 1. The van der Waals surface area contributed by atoms with Crippen LogP contribution in [0, 0.1) is 5.82 Å². The highest BCUT2D eigenvalue weighted by molar-refractivity contribution is 6.40. The van der Waals surface area contributed by atoms with Crippen LogP contribution in [-0.4, -0.2) is 10.9 Å². The Hall–Kier alpha value is -1.85. The summed E-state index contributed by atoms with van der Waals surface area (Å²) < 4.78 is 13.0. The summed E-state index contributed by atoms with van der Waals surface area (Å²) in [5.41, 5.74) is -0.181. The minimum Gasteiger partial charge on any atom is -0.329 e. The molecule has 0 aliphatic carbocycles. The lowest BCUT2D eigenvalue weighted by atomic mass is 10.2. The molecule has 0 fully saturated rings. The van der Waals surface area contributed by atoms with Crippen molar-refractivity contribution in [3.05, 3.63) is 62.2 Å². The molecule has 0 saturated heterocycles. The maximum atomic E-state index is 13.0. The monoisotopic (exact) mass is 300 g/mol. The maximum absolute atomic E-state index is 13.0. The molecular formula is C12H7Cl2FN2O2. The van der Waals surface area contributed by atoms with Gasteiger partial charge in [0.05, 0.1) is 15.7 Å². The van der Waals surface area contributed by atoms with E-state index < -0.39 is 17.3 Å². The molecule has 0 bridgehead atoms. The van der Waals surface area contributed by atoms with Crippen LogP contribution in [0.1, 0.15) is 10.4 Å². The van der Waals surface area contributed by atoms with Gasteiger partial charge in [0, 0.05) is 17.8 Å². The number of rotatable bonds is 2. The average Bonchev–Trinajstić information content (AvgIpc) is 2.33. The number of carbonyl (C=O) groups is 1. The lowest BCUT2D eigenvalue weighted by Gasteiger charge is -2.09. The van der Waals surface area contributed by atoms with E-state index in [2.05, 4.69) is 10.3 Å². The van der Waals surface area contributed by atoms with Crippen molar-refractivity contribution in [2.24, 2.45) is 0 Å². The largest absolute Gasteiger partial charge is 0.329 e. The summed E-state index contributed by atoms with van der Waals surface area (Å²) >= 11 is 11.6. The summed E-state index contributed by atoms with van der Waals surface area (Å²) in [7, 11) is 0. The first kappa shape index (κ1) is 13.6. The van der Waals surface area contributed by atoms with Crippen LogP contribution in [0.5, 0.6) is 0 Å². The van der Waals surface area contributed by atoms with Crippen LogP contribution >= 0.6 is 23.2 Å². The number of hydrogen-bond donors (Lipinski definition) is 2. The molecule has 98 valence electrons. The van der Waals surface area contributed by atoms with E-state index in [9.17, 15) is 14.0 Å². The molecular weight excluding hydrogens is 294 g/mol. The van der Waals surface area contributed by atoms with Crippen molar-refractivity contribution < 1.29 is 9.18 Å². The Labute approximate surface area is 117 Å². The van der Waals surface area contributed by atoms with E-state index in [4.69, 9.17) is 23.2 Å². The summed E-state index contributed by atoms with van der Waals surface area (Å²) in [5.74, 6) is -1.18. The van der Waals surface area contributed by atoms with E-state index >= 15 is 0 Å². The Morgan fingerprint density at radius 3 is 2.42 bits per heavy atom. The zero-order valence-corrected chi connectivity index (χ0v) is 10.8. The Kier molecular flexibility index (Phi) is 3.87. The van der Waals surface area contributed by atoms with Gasteiger partial charge in [0.2, 0.25) is 5.56 Å². The third kappa shape index (κ3) is 3.13. The summed E-state index contributed by atoms with van der Waals surface area (Å²) in [4.78, 5) is 25.4. The van der Waals surface area contributed by atoms with Crippen molar-refractivity contribution >= 4 is 34.8 Å². The molecule has 0 unspecified atom stereocenters. The number of pyridine rings is 1. The smallest absolute Gasteiger partial charge is 0.255 e. The van der Waals surface area contributed by atoms with Gasteiger partial charge in [0.25, 0.3) is 5.91 Å². The van der Waals surface area contributed by atoms with Gasteiger partial charge in [-0.15, -0.1) is 0 Å². The average molecular weight is 301 g/mol. The molecule has 7 heteroatoms. The molecule has 1 heterocycles. The lowest BCUT2D eigenvalue weighted by molar-refractivity contribution is 0.102. The van der Waals surface area contributed by atoms with Crippen molar-refractivity contribution in [3.8, 4) is 0 Å². The van der Waals surface area contributed by atoms with Gasteiger partial charge in [0.1, 0.15) is 5.82 Å². The third-order valence-corrected chi connectivity index (χ3v) is 2.88. The van der Waals surface area contributed by atoms with E-state index in [0.717, 1.165) is 18.2 Å². The van der Waals surface area contributed by atoms with Crippen LogP contribution in [-0.2, 0) is 0 Å². The zero-order chi connectivity index (χ0) is 14.0. The first-order chi connectivity index (χ1) is 8.97. The molecule has 2 aromatic rings. The minimum atomic E-state index is -0.607. The topological polar surface area (TPSA) is 62.0 Å². The molecule has 2 N–H and O–H groups in total. The number of carbonyl (C=O) groups excluding carboxylic acids is 1. The van der Waals surface area contributed by atoms with E-state index in [-0.39, 0.29) is 21.3 Å². The second kappa shape index (κ2) is 5.42. The van der Waals surface area contributed by atoms with Crippen molar-refractivity contribution in [1.82, 2.24) is 4.98 Å². The predicted molar refractivity (Wildman–Crippen MR) is 71.4 cm³/mol. The summed E-state index contributed by atoms with van der Waals surface area (Å²) in [5, 5.41) is 2.38. The fourth-order valence-electron chi connectivity index (χ4n) is 1.43. The fourth-order valence-corrected chi connectivity index (χ4v) is 1.99. The second-order valence-electron chi connectivity index (χ2n) is 3.64. The molecule has 0 radical (unpaired) electrons. The van der Waals surface area contributed by atoms with Crippen LogP contribution in [0.2, 0.25) is 10.0 Å². The summed E-state index contributed by atoms with van der Waals surface area (Å²) in [6.07, 6.45) is 1.34. The van der Waals surface area contributed by atoms with Gasteiger partial charge in [-0.1, -0.05) is 23.2 Å². The van der Waals surface area contributed by atoms with Gasteiger partial charge in [-0.3, -0.25) is 9.59 Å². The van der Waals surface area contributed by atoms with Crippen molar-refractivity contribution in [2.45, 2.75) is 0 Å². The number of aromatic amines is 1. The van der Waals surface area contributed by atoms with Crippen LogP contribution in [0.3, 0.4) is 0 Å². The van der Waals surface area contributed by atoms with Gasteiger partial charge in [-0.05, 0) is 18.2 Å². The highest BCUT2D eigenvalue weighted by Gasteiger charge is 2.13. The highest BCUT2D eigenvalue weighted by atomic mass is 35.5. The van der Waals surface area contributed by atoms with Crippen molar-refractivity contribution in [2.75, 3.05) is 5.32 Å². The van der Waals surface area contributed by atoms with Crippen LogP contribution in [0.15, 0.2) is 35.3 Å². The van der Waals surface area contributed by atoms with Crippen LogP contribution < -0.4 is 10.9 Å². The normalized spacial score (nSPS) is 10.3. The quantitative estimate of drug-likeness (QED) is 0.895. The molecule has 0 atom stereocenters. The van der Waals surface area contributed by atoms with Gasteiger partial charge < -0.3 is 10.3 Å². The first-order valence-corrected chi connectivity index (χ1v) is 5.87. The van der Waals surface area contributed by atoms with Gasteiger partial charge in [-0.25, -0.2) is 4.39 Å². The fraction of sp³-hybridized carbons (Fsp3) is 0. The van der Waals surface area contributed by atoms with Gasteiger partial charge in [0.15, 0.2) is 0 Å². The molecule has 1 aromatic heterocycles. The van der Waals surface area contributed by atoms with Gasteiger partial charge in [-0.2, -0.15) is 0 Å². The highest BCUT2D eigenvalue weighted by Crippen LogP contribution is 2.31. The Morgan fingerprint density at radius 1 is 1.21 bits per heavy atom. The molecule has 0 spiro atoms. The molecule has 2 rings (SSSR count). The standard InChI is InChI=1S/C12H7Cl2FN2O2/c13-8-4-7(15)5-9(14)11(8)17-12(19)6-1-2-16-10(18)3-6/h1-5H,(H,16,18)(H,17,19). The van der Waals surface area contributed by atoms with E-state index in [0.29, 0.717) is 0 Å². The first-order valence-electron chi connectivity index (χ1n) is 5.12. The second-order valence-corrected chi connectivity index (χ2v) is 4.45. The SMILES string of the molecule is O=C(Nc1c(Cl)cc(F)cc1Cl)c1cc[nH]c(=O)c1. The molecule has 19 heavy (non-hydrogen) atoms. The third-order valence-electron chi connectivity index (χ3n) is 2.28. The van der Waals surface area contributed by atoms with Crippen LogP contribution in [0.4, 0.5) is 10.1 Å². The van der Waals surface area contributed by atoms with Crippen LogP contribution in [0.25, 0.3) is 0 Å². The molecule has 0 aliphatic rings. The van der Waals surface area contributed by atoms with Crippen molar-refractivity contribution in [3.63, 3.8) is 0 Å². The minimum absolute atomic E-state index is 0.0248. The Morgan fingerprint density at radius 2 is 1.84 bits per heavy atom. The van der Waals surface area contributed by atoms with E-state index in [1.54, 1.807) is 0 Å². The molecule has 1 amide bonds. The number of amides is 1. The van der Waals surface area contributed by atoms with Crippen molar-refractivity contribution in [1.29, 1.82) is 0 Å². The number of benzene rings is 1. The molecule has 4 nitrogen and oxygen atoms in total. The molecule has 0 saturated carbocycles. The van der Waals surface area contributed by atoms with E-state index in [1.165, 1.54) is 12.3 Å². The number of aromatic nitrogens is 1. The molecule has 1 aromatic carbocycles.